The van der Waals surface area contributed by atoms with Crippen LogP contribution in [0.25, 0.3) is 0 Å². The number of benzene rings is 1. The first kappa shape index (κ1) is 14.2. The van der Waals surface area contributed by atoms with Gasteiger partial charge in [0.1, 0.15) is 15.6 Å². The monoisotopic (exact) mass is 283 g/mol. The number of nitrogens with one attached hydrogen (secondary N) is 1. The maximum atomic E-state index is 11.6. The normalized spacial score (nSPS) is 23.9. The third-order valence-electron chi connectivity index (χ3n) is 3.67. The highest BCUT2D eigenvalue weighted by molar-refractivity contribution is 7.91. The average Bonchev–Trinajstić information content (AvgIpc) is 2.38. The second kappa shape index (κ2) is 5.82. The topological polar surface area (TPSA) is 55.4 Å². The zero-order valence-electron chi connectivity index (χ0n) is 11.4. The lowest BCUT2D eigenvalue weighted by atomic mass is 9.95. The third kappa shape index (κ3) is 3.86. The summed E-state index contributed by atoms with van der Waals surface area (Å²) in [5.74, 6) is 0.806. The van der Waals surface area contributed by atoms with Gasteiger partial charge in [-0.15, -0.1) is 0 Å². The van der Waals surface area contributed by atoms with Gasteiger partial charge in [-0.1, -0.05) is 12.5 Å². The number of sulfone groups is 1. The van der Waals surface area contributed by atoms with Crippen LogP contribution in [0, 0.1) is 0 Å². The number of hydrogen-bond donors (Lipinski definition) is 1. The van der Waals surface area contributed by atoms with Crippen molar-refractivity contribution in [1.29, 1.82) is 0 Å². The molecule has 1 aliphatic rings. The molecule has 1 aromatic rings. The van der Waals surface area contributed by atoms with Crippen LogP contribution in [0.15, 0.2) is 24.3 Å². The van der Waals surface area contributed by atoms with Crippen molar-refractivity contribution in [3.8, 4) is 5.75 Å². The summed E-state index contributed by atoms with van der Waals surface area (Å²) in [6, 6.07) is 7.96. The van der Waals surface area contributed by atoms with Gasteiger partial charge in [-0.2, -0.15) is 0 Å². The molecule has 0 heterocycles. The van der Waals surface area contributed by atoms with Gasteiger partial charge in [0.2, 0.25) is 0 Å². The fraction of sp³-hybridized carbons (Fsp3) is 0.571. The first-order chi connectivity index (χ1) is 8.99. The second-order valence-electron chi connectivity index (χ2n) is 5.19. The Morgan fingerprint density at radius 2 is 2.11 bits per heavy atom. The molecule has 2 atom stereocenters. The molecule has 106 valence electrons. The summed E-state index contributed by atoms with van der Waals surface area (Å²) >= 11 is 0. The largest absolute Gasteiger partial charge is 0.497 e. The number of rotatable bonds is 4. The summed E-state index contributed by atoms with van der Waals surface area (Å²) in [5, 5.41) is 3.21. The van der Waals surface area contributed by atoms with Crippen molar-refractivity contribution in [2.24, 2.45) is 0 Å². The molecule has 1 saturated carbocycles. The highest BCUT2D eigenvalue weighted by Gasteiger charge is 2.28. The number of ether oxygens (including phenoxy) is 1. The molecule has 0 radical (unpaired) electrons. The Hall–Kier alpha value is -1.23. The molecule has 1 aliphatic carbocycles. The first-order valence-electron chi connectivity index (χ1n) is 6.58. The first-order valence-corrected chi connectivity index (χ1v) is 8.54. The lowest BCUT2D eigenvalue weighted by Gasteiger charge is -2.29. The van der Waals surface area contributed by atoms with E-state index >= 15 is 0 Å². The maximum absolute atomic E-state index is 11.6. The molecule has 5 heteroatoms. The lowest BCUT2D eigenvalue weighted by Crippen LogP contribution is -2.34. The quantitative estimate of drug-likeness (QED) is 0.922. The van der Waals surface area contributed by atoms with Crippen LogP contribution in [-0.4, -0.2) is 33.1 Å². The molecule has 0 amide bonds. The van der Waals surface area contributed by atoms with Gasteiger partial charge in [-0.05, 0) is 31.4 Å². The summed E-state index contributed by atoms with van der Waals surface area (Å²) in [6.07, 6.45) is 4.79. The van der Waals surface area contributed by atoms with Crippen LogP contribution in [0.2, 0.25) is 0 Å². The van der Waals surface area contributed by atoms with Gasteiger partial charge in [-0.3, -0.25) is 0 Å². The van der Waals surface area contributed by atoms with Gasteiger partial charge < -0.3 is 10.1 Å². The SMILES string of the molecule is COc1cccc(NC2CCCC(S(C)(=O)=O)C2)c1. The minimum atomic E-state index is -2.93. The van der Waals surface area contributed by atoms with Gasteiger partial charge in [0.25, 0.3) is 0 Å². The zero-order valence-corrected chi connectivity index (χ0v) is 12.2. The standard InChI is InChI=1S/C14H21NO3S/c1-18-13-7-3-5-11(9-13)15-12-6-4-8-14(10-12)19(2,16)17/h3,5,7,9,12,14-15H,4,6,8,10H2,1-2H3. The van der Waals surface area contributed by atoms with E-state index in [0.29, 0.717) is 6.42 Å². The summed E-state index contributed by atoms with van der Waals surface area (Å²) in [6.45, 7) is 0. The van der Waals surface area contributed by atoms with Crippen molar-refractivity contribution >= 4 is 15.5 Å². The minimum absolute atomic E-state index is 0.204. The Balaban J connectivity index is 2.02. The molecule has 1 N–H and O–H groups in total. The van der Waals surface area contributed by atoms with Crippen molar-refractivity contribution in [2.45, 2.75) is 37.0 Å². The summed E-state index contributed by atoms with van der Waals surface area (Å²) in [7, 11) is -1.29. The van der Waals surface area contributed by atoms with E-state index in [1.54, 1.807) is 7.11 Å². The van der Waals surface area contributed by atoms with Crippen molar-refractivity contribution in [3.05, 3.63) is 24.3 Å². The summed E-state index contributed by atoms with van der Waals surface area (Å²) < 4.78 is 28.5. The van der Waals surface area contributed by atoms with Gasteiger partial charge >= 0.3 is 0 Å². The summed E-state index contributed by atoms with van der Waals surface area (Å²) in [4.78, 5) is 0. The van der Waals surface area contributed by atoms with E-state index in [9.17, 15) is 8.42 Å². The zero-order chi connectivity index (χ0) is 13.9. The van der Waals surface area contributed by atoms with E-state index < -0.39 is 9.84 Å². The minimum Gasteiger partial charge on any atom is -0.497 e. The average molecular weight is 283 g/mol. The van der Waals surface area contributed by atoms with E-state index in [0.717, 1.165) is 30.7 Å². The lowest BCUT2D eigenvalue weighted by molar-refractivity contribution is 0.414. The predicted molar refractivity (Wildman–Crippen MR) is 77.5 cm³/mol. The molecule has 0 spiro atoms. The molecule has 2 unspecified atom stereocenters. The fourth-order valence-electron chi connectivity index (χ4n) is 2.61. The van der Waals surface area contributed by atoms with E-state index in [1.807, 2.05) is 24.3 Å². The highest BCUT2D eigenvalue weighted by atomic mass is 32.2. The molecule has 0 bridgehead atoms. The molecule has 2 rings (SSSR count). The Labute approximate surface area is 115 Å². The van der Waals surface area contributed by atoms with E-state index in [-0.39, 0.29) is 11.3 Å². The number of methoxy groups -OCH3 is 1. The molecular formula is C14H21NO3S. The number of anilines is 1. The Morgan fingerprint density at radius 3 is 2.79 bits per heavy atom. The Morgan fingerprint density at radius 1 is 1.32 bits per heavy atom. The van der Waals surface area contributed by atoms with Crippen LogP contribution in [-0.2, 0) is 9.84 Å². The number of hydrogen-bond acceptors (Lipinski definition) is 4. The summed E-state index contributed by atoms with van der Waals surface area (Å²) in [5.41, 5.74) is 0.985. The smallest absolute Gasteiger partial charge is 0.150 e. The van der Waals surface area contributed by atoms with Gasteiger partial charge in [0.15, 0.2) is 0 Å². The molecule has 19 heavy (non-hydrogen) atoms. The highest BCUT2D eigenvalue weighted by Crippen LogP contribution is 2.27. The third-order valence-corrected chi connectivity index (χ3v) is 5.31. The van der Waals surface area contributed by atoms with Crippen LogP contribution in [0.4, 0.5) is 5.69 Å². The van der Waals surface area contributed by atoms with Crippen LogP contribution >= 0.6 is 0 Å². The van der Waals surface area contributed by atoms with Crippen molar-refractivity contribution in [2.75, 3.05) is 18.7 Å². The van der Waals surface area contributed by atoms with Crippen LogP contribution in [0.1, 0.15) is 25.7 Å². The van der Waals surface area contributed by atoms with Crippen LogP contribution < -0.4 is 10.1 Å². The van der Waals surface area contributed by atoms with Crippen LogP contribution in [0.5, 0.6) is 5.75 Å². The van der Waals surface area contributed by atoms with Crippen molar-refractivity contribution < 1.29 is 13.2 Å². The van der Waals surface area contributed by atoms with Gasteiger partial charge in [0, 0.05) is 24.1 Å². The van der Waals surface area contributed by atoms with E-state index in [4.69, 9.17) is 4.74 Å². The maximum Gasteiger partial charge on any atom is 0.150 e. The van der Waals surface area contributed by atoms with Crippen molar-refractivity contribution in [1.82, 2.24) is 0 Å². The van der Waals surface area contributed by atoms with E-state index in [1.165, 1.54) is 6.26 Å². The molecule has 0 aromatic heterocycles. The predicted octanol–water partition coefficient (Wildman–Crippen LogP) is 2.46. The second-order valence-corrected chi connectivity index (χ2v) is 7.52. The Bertz CT molecular complexity index is 527. The molecule has 4 nitrogen and oxygen atoms in total. The van der Waals surface area contributed by atoms with Crippen molar-refractivity contribution in [3.63, 3.8) is 0 Å². The molecule has 1 aromatic carbocycles. The molecule has 0 saturated heterocycles. The Kier molecular flexibility index (Phi) is 4.34. The van der Waals surface area contributed by atoms with E-state index in [2.05, 4.69) is 5.32 Å². The molecule has 1 fully saturated rings. The van der Waals surface area contributed by atoms with Gasteiger partial charge in [-0.25, -0.2) is 8.42 Å². The van der Waals surface area contributed by atoms with Gasteiger partial charge in [0.05, 0.1) is 12.4 Å². The molecule has 0 aliphatic heterocycles. The van der Waals surface area contributed by atoms with Crippen LogP contribution in [0.3, 0.4) is 0 Å². The fourth-order valence-corrected chi connectivity index (χ4v) is 3.79. The molecular weight excluding hydrogens is 262 g/mol.